The first kappa shape index (κ1) is 10.4. The quantitative estimate of drug-likeness (QED) is 0.836. The Morgan fingerprint density at radius 1 is 1.38 bits per heavy atom. The lowest BCUT2D eigenvalue weighted by molar-refractivity contribution is -0.136. The second kappa shape index (κ2) is 4.14. The van der Waals surface area contributed by atoms with E-state index in [2.05, 4.69) is 10.1 Å². The monoisotopic (exact) mass is 217 g/mol. The van der Waals surface area contributed by atoms with Crippen molar-refractivity contribution in [3.63, 3.8) is 0 Å². The number of carboxylic acid groups (broad SMARTS) is 1. The van der Waals surface area contributed by atoms with Crippen molar-refractivity contribution in [2.75, 3.05) is 0 Å². The van der Waals surface area contributed by atoms with Gasteiger partial charge >= 0.3 is 5.97 Å². The molecular weight excluding hydrogens is 206 g/mol. The maximum atomic E-state index is 10.5. The summed E-state index contributed by atoms with van der Waals surface area (Å²) in [6.07, 6.45) is -0.152. The molecule has 0 bridgehead atoms. The van der Waals surface area contributed by atoms with Crippen molar-refractivity contribution >= 4 is 5.97 Å². The average molecular weight is 217 g/mol. The molecule has 0 unspecified atom stereocenters. The maximum Gasteiger partial charge on any atom is 0.311 e. The topological polar surface area (TPSA) is 68.0 Å². The summed E-state index contributed by atoms with van der Waals surface area (Å²) < 4.78 is 1.59. The molecule has 1 N–H and O–H groups in total. The Morgan fingerprint density at radius 3 is 2.69 bits per heavy atom. The van der Waals surface area contributed by atoms with Crippen LogP contribution in [0.1, 0.15) is 5.82 Å². The Balaban J connectivity index is 2.36. The van der Waals surface area contributed by atoms with E-state index in [1.54, 1.807) is 11.7 Å². The highest BCUT2D eigenvalue weighted by Crippen LogP contribution is 2.15. The number of nitrogens with zero attached hydrogens (tertiary/aromatic N) is 3. The average Bonchev–Trinajstić information content (AvgIpc) is 2.60. The predicted molar refractivity (Wildman–Crippen MR) is 57.8 cm³/mol. The van der Waals surface area contributed by atoms with Crippen LogP contribution in [-0.4, -0.2) is 25.8 Å². The number of hydrogen-bond acceptors (Lipinski definition) is 3. The number of aromatic nitrogens is 3. The molecule has 0 amide bonds. The Labute approximate surface area is 92.4 Å². The standard InChI is InChI=1S/C11H11N3O2/c1-14-11(8-5-3-2-4-6-8)12-9(13-14)7-10(15)16/h2-6H,7H2,1H3,(H,15,16). The Kier molecular flexibility index (Phi) is 2.68. The first-order valence-electron chi connectivity index (χ1n) is 4.84. The van der Waals surface area contributed by atoms with Crippen molar-refractivity contribution in [1.82, 2.24) is 14.8 Å². The van der Waals surface area contributed by atoms with Gasteiger partial charge in [-0.2, -0.15) is 5.10 Å². The highest BCUT2D eigenvalue weighted by molar-refractivity contribution is 5.69. The van der Waals surface area contributed by atoms with E-state index in [1.165, 1.54) is 0 Å². The van der Waals surface area contributed by atoms with Gasteiger partial charge in [-0.3, -0.25) is 4.79 Å². The number of carbonyl (C=O) groups is 1. The lowest BCUT2D eigenvalue weighted by Crippen LogP contribution is -2.02. The summed E-state index contributed by atoms with van der Waals surface area (Å²) in [5.74, 6) is 0.0796. The van der Waals surface area contributed by atoms with Gasteiger partial charge in [0.1, 0.15) is 6.42 Å². The Morgan fingerprint density at radius 2 is 2.06 bits per heavy atom. The molecule has 0 aliphatic heterocycles. The van der Waals surface area contributed by atoms with E-state index in [-0.39, 0.29) is 6.42 Å². The van der Waals surface area contributed by atoms with Gasteiger partial charge in [0.25, 0.3) is 0 Å². The van der Waals surface area contributed by atoms with Crippen LogP contribution in [0, 0.1) is 0 Å². The fourth-order valence-corrected chi connectivity index (χ4v) is 1.49. The number of rotatable bonds is 3. The minimum absolute atomic E-state index is 0.152. The molecule has 0 radical (unpaired) electrons. The summed E-state index contributed by atoms with van der Waals surface area (Å²) in [7, 11) is 1.75. The SMILES string of the molecule is Cn1nc(CC(=O)O)nc1-c1ccccc1. The number of aryl methyl sites for hydroxylation is 1. The first-order chi connectivity index (χ1) is 7.66. The molecule has 0 saturated carbocycles. The third-order valence-corrected chi connectivity index (χ3v) is 2.15. The largest absolute Gasteiger partial charge is 0.481 e. The number of carboxylic acids is 1. The molecule has 0 aliphatic rings. The molecule has 16 heavy (non-hydrogen) atoms. The van der Waals surface area contributed by atoms with Gasteiger partial charge in [-0.15, -0.1) is 0 Å². The van der Waals surface area contributed by atoms with Gasteiger partial charge in [0.15, 0.2) is 11.6 Å². The van der Waals surface area contributed by atoms with E-state index in [9.17, 15) is 4.79 Å². The molecule has 82 valence electrons. The fraction of sp³-hybridized carbons (Fsp3) is 0.182. The number of benzene rings is 1. The second-order valence-corrected chi connectivity index (χ2v) is 3.41. The Hall–Kier alpha value is -2.17. The van der Waals surface area contributed by atoms with E-state index in [4.69, 9.17) is 5.11 Å². The van der Waals surface area contributed by atoms with Crippen molar-refractivity contribution in [3.8, 4) is 11.4 Å². The van der Waals surface area contributed by atoms with Gasteiger partial charge < -0.3 is 5.11 Å². The van der Waals surface area contributed by atoms with Crippen molar-refractivity contribution in [2.45, 2.75) is 6.42 Å². The van der Waals surface area contributed by atoms with Crippen LogP contribution in [-0.2, 0) is 18.3 Å². The molecule has 1 aromatic carbocycles. The summed E-state index contributed by atoms with van der Waals surface area (Å²) in [4.78, 5) is 14.7. The van der Waals surface area contributed by atoms with E-state index in [0.29, 0.717) is 11.6 Å². The zero-order chi connectivity index (χ0) is 11.5. The highest BCUT2D eigenvalue weighted by atomic mass is 16.4. The second-order valence-electron chi connectivity index (χ2n) is 3.41. The maximum absolute atomic E-state index is 10.5. The van der Waals surface area contributed by atoms with Gasteiger partial charge in [0.05, 0.1) is 0 Å². The summed E-state index contributed by atoms with van der Waals surface area (Å²) in [6, 6.07) is 9.54. The molecule has 5 heteroatoms. The summed E-state index contributed by atoms with van der Waals surface area (Å²) in [6.45, 7) is 0. The number of hydrogen-bond donors (Lipinski definition) is 1. The molecule has 0 atom stereocenters. The molecule has 5 nitrogen and oxygen atoms in total. The summed E-state index contributed by atoms with van der Waals surface area (Å²) in [5.41, 5.74) is 0.925. The van der Waals surface area contributed by atoms with Crippen LogP contribution >= 0.6 is 0 Å². The third-order valence-electron chi connectivity index (χ3n) is 2.15. The van der Waals surface area contributed by atoms with E-state index >= 15 is 0 Å². The molecule has 2 aromatic rings. The van der Waals surface area contributed by atoms with Crippen LogP contribution in [0.2, 0.25) is 0 Å². The lowest BCUT2D eigenvalue weighted by atomic mass is 10.2. The van der Waals surface area contributed by atoms with Gasteiger partial charge in [-0.25, -0.2) is 9.67 Å². The third kappa shape index (κ3) is 2.08. The molecule has 0 spiro atoms. The molecule has 2 rings (SSSR count). The summed E-state index contributed by atoms with van der Waals surface area (Å²) in [5, 5.41) is 12.7. The lowest BCUT2D eigenvalue weighted by Gasteiger charge is -1.97. The van der Waals surface area contributed by atoms with Crippen molar-refractivity contribution in [1.29, 1.82) is 0 Å². The smallest absolute Gasteiger partial charge is 0.311 e. The molecular formula is C11H11N3O2. The van der Waals surface area contributed by atoms with Crippen LogP contribution in [0.3, 0.4) is 0 Å². The van der Waals surface area contributed by atoms with Crippen LogP contribution < -0.4 is 0 Å². The fourth-order valence-electron chi connectivity index (χ4n) is 1.49. The molecule has 0 aliphatic carbocycles. The van der Waals surface area contributed by atoms with Crippen molar-refractivity contribution in [2.24, 2.45) is 7.05 Å². The normalized spacial score (nSPS) is 10.3. The minimum atomic E-state index is -0.926. The zero-order valence-electron chi connectivity index (χ0n) is 8.79. The van der Waals surface area contributed by atoms with E-state index in [1.807, 2.05) is 30.3 Å². The zero-order valence-corrected chi connectivity index (χ0v) is 8.79. The number of aliphatic carboxylic acids is 1. The van der Waals surface area contributed by atoms with E-state index < -0.39 is 5.97 Å². The summed E-state index contributed by atoms with van der Waals surface area (Å²) >= 11 is 0. The van der Waals surface area contributed by atoms with Gasteiger partial charge in [-0.05, 0) is 0 Å². The van der Waals surface area contributed by atoms with E-state index in [0.717, 1.165) is 5.56 Å². The predicted octanol–water partition coefficient (Wildman–Crippen LogP) is 1.11. The van der Waals surface area contributed by atoms with Gasteiger partial charge in [0, 0.05) is 12.6 Å². The van der Waals surface area contributed by atoms with Crippen molar-refractivity contribution in [3.05, 3.63) is 36.2 Å². The highest BCUT2D eigenvalue weighted by Gasteiger charge is 2.11. The van der Waals surface area contributed by atoms with Gasteiger partial charge in [0.2, 0.25) is 0 Å². The molecule has 1 aromatic heterocycles. The Bertz CT molecular complexity index is 505. The minimum Gasteiger partial charge on any atom is -0.481 e. The van der Waals surface area contributed by atoms with Crippen LogP contribution in [0.25, 0.3) is 11.4 Å². The van der Waals surface area contributed by atoms with Crippen molar-refractivity contribution < 1.29 is 9.90 Å². The first-order valence-corrected chi connectivity index (χ1v) is 4.84. The molecule has 0 saturated heterocycles. The molecule has 1 heterocycles. The molecule has 0 fully saturated rings. The van der Waals surface area contributed by atoms with Gasteiger partial charge in [-0.1, -0.05) is 30.3 Å². The van der Waals surface area contributed by atoms with Crippen LogP contribution in [0.4, 0.5) is 0 Å². The van der Waals surface area contributed by atoms with Crippen LogP contribution in [0.5, 0.6) is 0 Å². The van der Waals surface area contributed by atoms with Crippen LogP contribution in [0.15, 0.2) is 30.3 Å².